The van der Waals surface area contributed by atoms with Crippen molar-refractivity contribution >= 4 is 5.97 Å². The van der Waals surface area contributed by atoms with Crippen molar-refractivity contribution in [2.75, 3.05) is 0 Å². The predicted molar refractivity (Wildman–Crippen MR) is 63.9 cm³/mol. The SMILES string of the molecule is CC(C)n1cc(C[C@H](N)C(=O)O)nc1C1CC1. The molecule has 5 nitrogen and oxygen atoms in total. The van der Waals surface area contributed by atoms with E-state index in [0.717, 1.165) is 11.5 Å². The third kappa shape index (κ3) is 2.66. The maximum atomic E-state index is 10.7. The van der Waals surface area contributed by atoms with Crippen LogP contribution in [0.25, 0.3) is 0 Å². The maximum Gasteiger partial charge on any atom is 0.320 e. The van der Waals surface area contributed by atoms with Crippen LogP contribution in [0.5, 0.6) is 0 Å². The molecule has 3 N–H and O–H groups in total. The normalized spacial score (nSPS) is 17.4. The number of aromatic nitrogens is 2. The van der Waals surface area contributed by atoms with E-state index >= 15 is 0 Å². The first-order valence-corrected chi connectivity index (χ1v) is 6.05. The molecule has 1 atom stereocenters. The van der Waals surface area contributed by atoms with Crippen molar-refractivity contribution in [3.63, 3.8) is 0 Å². The molecule has 0 radical (unpaired) electrons. The Balaban J connectivity index is 2.18. The number of hydrogen-bond donors (Lipinski definition) is 2. The highest BCUT2D eigenvalue weighted by Gasteiger charge is 2.30. The van der Waals surface area contributed by atoms with Crippen LogP contribution in [0.4, 0.5) is 0 Å². The van der Waals surface area contributed by atoms with Gasteiger partial charge in [-0.2, -0.15) is 0 Å². The number of aliphatic carboxylic acids is 1. The number of nitrogens with two attached hydrogens (primary N) is 1. The van der Waals surface area contributed by atoms with Crippen molar-refractivity contribution in [3.05, 3.63) is 17.7 Å². The average molecular weight is 237 g/mol. The molecule has 0 aliphatic heterocycles. The Kier molecular flexibility index (Phi) is 3.19. The number of carbonyl (C=O) groups is 1. The van der Waals surface area contributed by atoms with Crippen molar-refractivity contribution in [2.24, 2.45) is 5.73 Å². The zero-order valence-electron chi connectivity index (χ0n) is 10.3. The van der Waals surface area contributed by atoms with Crippen LogP contribution in [-0.4, -0.2) is 26.7 Å². The molecule has 1 aliphatic rings. The van der Waals surface area contributed by atoms with Crippen LogP contribution in [0.3, 0.4) is 0 Å². The standard InChI is InChI=1S/C12H19N3O2/c1-7(2)15-6-9(5-10(13)12(16)17)14-11(15)8-3-4-8/h6-8,10H,3-5,13H2,1-2H3,(H,16,17)/t10-/m0/s1. The molecular formula is C12H19N3O2. The molecule has 1 fully saturated rings. The Morgan fingerprint density at radius 3 is 2.76 bits per heavy atom. The molecule has 0 amide bonds. The van der Waals surface area contributed by atoms with Crippen LogP contribution < -0.4 is 5.73 Å². The van der Waals surface area contributed by atoms with Crippen molar-refractivity contribution in [3.8, 4) is 0 Å². The predicted octanol–water partition coefficient (Wildman–Crippen LogP) is 1.30. The molecule has 1 aliphatic carbocycles. The fraction of sp³-hybridized carbons (Fsp3) is 0.667. The molecular weight excluding hydrogens is 218 g/mol. The molecule has 2 rings (SSSR count). The summed E-state index contributed by atoms with van der Waals surface area (Å²) in [6, 6.07) is -0.509. The van der Waals surface area contributed by atoms with Gasteiger partial charge in [0.2, 0.25) is 0 Å². The minimum Gasteiger partial charge on any atom is -0.480 e. The van der Waals surface area contributed by atoms with Crippen LogP contribution in [0.15, 0.2) is 6.20 Å². The van der Waals surface area contributed by atoms with Crippen LogP contribution in [0.2, 0.25) is 0 Å². The van der Waals surface area contributed by atoms with Gasteiger partial charge in [-0.05, 0) is 26.7 Å². The second-order valence-electron chi connectivity index (χ2n) is 5.01. The Morgan fingerprint density at radius 2 is 2.29 bits per heavy atom. The highest BCUT2D eigenvalue weighted by Crippen LogP contribution is 2.40. The first-order valence-electron chi connectivity index (χ1n) is 6.05. The third-order valence-electron chi connectivity index (χ3n) is 3.06. The zero-order valence-corrected chi connectivity index (χ0v) is 10.3. The lowest BCUT2D eigenvalue weighted by atomic mass is 10.2. The van der Waals surface area contributed by atoms with Crippen molar-refractivity contribution in [2.45, 2.75) is 51.1 Å². The zero-order chi connectivity index (χ0) is 12.6. The Labute approximate surface area is 101 Å². The Morgan fingerprint density at radius 1 is 1.65 bits per heavy atom. The van der Waals surface area contributed by atoms with Crippen LogP contribution in [0.1, 0.15) is 50.2 Å². The van der Waals surface area contributed by atoms with Crippen LogP contribution in [0, 0.1) is 0 Å². The van der Waals surface area contributed by atoms with E-state index in [9.17, 15) is 4.79 Å². The summed E-state index contributed by atoms with van der Waals surface area (Å²) in [5.41, 5.74) is 6.31. The highest BCUT2D eigenvalue weighted by molar-refractivity contribution is 5.73. The molecule has 1 aromatic heterocycles. The van der Waals surface area contributed by atoms with Gasteiger partial charge in [0.1, 0.15) is 11.9 Å². The first-order chi connectivity index (χ1) is 7.99. The number of carboxylic acids is 1. The Hall–Kier alpha value is -1.36. The second-order valence-corrected chi connectivity index (χ2v) is 5.01. The lowest BCUT2D eigenvalue weighted by Gasteiger charge is -2.10. The number of hydrogen-bond acceptors (Lipinski definition) is 3. The van der Waals surface area contributed by atoms with Crippen LogP contribution >= 0.6 is 0 Å². The Bertz CT molecular complexity index is 402. The van der Waals surface area contributed by atoms with Gasteiger partial charge in [-0.1, -0.05) is 0 Å². The molecule has 1 heterocycles. The van der Waals surface area contributed by atoms with E-state index < -0.39 is 12.0 Å². The third-order valence-corrected chi connectivity index (χ3v) is 3.06. The van der Waals surface area contributed by atoms with Gasteiger partial charge in [0, 0.05) is 24.6 Å². The molecule has 5 heteroatoms. The monoisotopic (exact) mass is 237 g/mol. The van der Waals surface area contributed by atoms with Crippen molar-refractivity contribution < 1.29 is 9.90 Å². The van der Waals surface area contributed by atoms with Gasteiger partial charge in [-0.25, -0.2) is 4.98 Å². The summed E-state index contributed by atoms with van der Waals surface area (Å²) in [5, 5.41) is 8.79. The minimum absolute atomic E-state index is 0.300. The summed E-state index contributed by atoms with van der Waals surface area (Å²) >= 11 is 0. The highest BCUT2D eigenvalue weighted by atomic mass is 16.4. The minimum atomic E-state index is -0.975. The maximum absolute atomic E-state index is 10.7. The number of carboxylic acid groups (broad SMARTS) is 1. The number of rotatable bonds is 5. The van der Waals surface area contributed by atoms with E-state index in [1.54, 1.807) is 0 Å². The van der Waals surface area contributed by atoms with Gasteiger partial charge >= 0.3 is 5.97 Å². The molecule has 0 bridgehead atoms. The van der Waals surface area contributed by atoms with Crippen LogP contribution in [-0.2, 0) is 11.2 Å². The molecule has 0 spiro atoms. The molecule has 1 saturated carbocycles. The van der Waals surface area contributed by atoms with Gasteiger partial charge in [0.05, 0.1) is 5.69 Å². The largest absolute Gasteiger partial charge is 0.480 e. The fourth-order valence-corrected chi connectivity index (χ4v) is 1.93. The second kappa shape index (κ2) is 4.49. The average Bonchev–Trinajstić information content (AvgIpc) is 3.00. The van der Waals surface area contributed by atoms with E-state index in [1.807, 2.05) is 6.20 Å². The lowest BCUT2D eigenvalue weighted by molar-refractivity contribution is -0.138. The smallest absolute Gasteiger partial charge is 0.320 e. The van der Waals surface area contributed by atoms with Gasteiger partial charge in [-0.3, -0.25) is 4.79 Å². The van der Waals surface area contributed by atoms with Gasteiger partial charge in [0.25, 0.3) is 0 Å². The lowest BCUT2D eigenvalue weighted by Crippen LogP contribution is -2.32. The first kappa shape index (κ1) is 12.1. The van der Waals surface area contributed by atoms with Crippen molar-refractivity contribution in [1.82, 2.24) is 9.55 Å². The number of nitrogens with zero attached hydrogens (tertiary/aromatic N) is 2. The van der Waals surface area contributed by atoms with E-state index in [2.05, 4.69) is 23.4 Å². The molecule has 94 valence electrons. The van der Waals surface area contributed by atoms with E-state index in [4.69, 9.17) is 10.8 Å². The summed E-state index contributed by atoms with van der Waals surface area (Å²) < 4.78 is 2.14. The van der Waals surface area contributed by atoms with Gasteiger partial charge in [-0.15, -0.1) is 0 Å². The number of imidazole rings is 1. The van der Waals surface area contributed by atoms with Gasteiger partial charge in [0.15, 0.2) is 0 Å². The topological polar surface area (TPSA) is 81.1 Å². The summed E-state index contributed by atoms with van der Waals surface area (Å²) in [5.74, 6) is 0.678. The molecule has 1 aromatic rings. The summed E-state index contributed by atoms with van der Waals surface area (Å²) in [7, 11) is 0. The molecule has 0 unspecified atom stereocenters. The molecule has 0 saturated heterocycles. The summed E-state index contributed by atoms with van der Waals surface area (Å²) in [6.45, 7) is 4.21. The van der Waals surface area contributed by atoms with E-state index in [1.165, 1.54) is 12.8 Å². The fourth-order valence-electron chi connectivity index (χ4n) is 1.93. The molecule has 0 aromatic carbocycles. The van der Waals surface area contributed by atoms with E-state index in [-0.39, 0.29) is 0 Å². The molecule has 17 heavy (non-hydrogen) atoms. The summed E-state index contributed by atoms with van der Waals surface area (Å²) in [6.07, 6.45) is 4.62. The van der Waals surface area contributed by atoms with E-state index in [0.29, 0.717) is 18.4 Å². The quantitative estimate of drug-likeness (QED) is 0.808. The van der Waals surface area contributed by atoms with Crippen molar-refractivity contribution in [1.29, 1.82) is 0 Å². The summed E-state index contributed by atoms with van der Waals surface area (Å²) in [4.78, 5) is 15.3. The van der Waals surface area contributed by atoms with Gasteiger partial charge < -0.3 is 15.4 Å².